The molecule has 1 aliphatic rings. The van der Waals surface area contributed by atoms with Crippen molar-refractivity contribution in [2.45, 2.75) is 44.9 Å². The first-order chi connectivity index (χ1) is 8.38. The molecular weight excluding hydrogens is 251 g/mol. The molecule has 0 spiro atoms. The van der Waals surface area contributed by atoms with E-state index in [9.17, 15) is 4.39 Å². The summed E-state index contributed by atoms with van der Waals surface area (Å²) >= 11 is 6.35. The number of benzene rings is 1. The summed E-state index contributed by atoms with van der Waals surface area (Å²) in [5, 5.41) is 1.27. The normalized spacial score (nSPS) is 16.5. The van der Waals surface area contributed by atoms with Gasteiger partial charge < -0.3 is 4.42 Å². The molecule has 3 heteroatoms. The molecule has 18 heavy (non-hydrogen) atoms. The Morgan fingerprint density at radius 3 is 2.50 bits per heavy atom. The topological polar surface area (TPSA) is 13.1 Å². The maximum atomic E-state index is 14.1. The summed E-state index contributed by atoms with van der Waals surface area (Å²) in [5.74, 6) is 0.866. The van der Waals surface area contributed by atoms with E-state index >= 15 is 0 Å². The number of halogens is 2. The largest absolute Gasteiger partial charge is 0.456 e. The standard InChI is InChI=1S/C15H16ClFO/c1-15(2,3)14-12(16)10-6-9(8-4-5-8)7-11(17)13(10)18-14/h6-8H,4-5H2,1-3H3. The molecular formula is C15H16ClFO. The van der Waals surface area contributed by atoms with E-state index in [1.54, 1.807) is 6.07 Å². The molecule has 1 fully saturated rings. The average molecular weight is 267 g/mol. The van der Waals surface area contributed by atoms with Crippen LogP contribution in [0.4, 0.5) is 4.39 Å². The monoisotopic (exact) mass is 266 g/mol. The van der Waals surface area contributed by atoms with Crippen molar-refractivity contribution >= 4 is 22.6 Å². The first-order valence-corrected chi connectivity index (χ1v) is 6.67. The van der Waals surface area contributed by atoms with E-state index in [1.165, 1.54) is 0 Å². The Hall–Kier alpha value is -1.02. The maximum absolute atomic E-state index is 14.1. The Morgan fingerprint density at radius 2 is 1.94 bits per heavy atom. The van der Waals surface area contributed by atoms with E-state index in [-0.39, 0.29) is 16.8 Å². The van der Waals surface area contributed by atoms with Gasteiger partial charge in [-0.25, -0.2) is 4.39 Å². The molecule has 1 aromatic heterocycles. The first-order valence-electron chi connectivity index (χ1n) is 6.30. The van der Waals surface area contributed by atoms with Crippen molar-refractivity contribution in [1.82, 2.24) is 0 Å². The van der Waals surface area contributed by atoms with Crippen LogP contribution in [0.5, 0.6) is 0 Å². The molecule has 0 radical (unpaired) electrons. The van der Waals surface area contributed by atoms with Crippen molar-refractivity contribution in [3.63, 3.8) is 0 Å². The summed E-state index contributed by atoms with van der Waals surface area (Å²) < 4.78 is 19.7. The number of hydrogen-bond acceptors (Lipinski definition) is 1. The van der Waals surface area contributed by atoms with Gasteiger partial charge in [-0.3, -0.25) is 0 Å². The van der Waals surface area contributed by atoms with E-state index in [1.807, 2.05) is 26.8 Å². The fraction of sp³-hybridized carbons (Fsp3) is 0.467. The fourth-order valence-electron chi connectivity index (χ4n) is 2.29. The predicted molar refractivity (Wildman–Crippen MR) is 71.9 cm³/mol. The maximum Gasteiger partial charge on any atom is 0.171 e. The van der Waals surface area contributed by atoms with Crippen LogP contribution in [0.25, 0.3) is 11.0 Å². The molecule has 0 N–H and O–H groups in total. The highest BCUT2D eigenvalue weighted by Gasteiger charge is 2.29. The van der Waals surface area contributed by atoms with Crippen molar-refractivity contribution < 1.29 is 8.81 Å². The minimum Gasteiger partial charge on any atom is -0.456 e. The van der Waals surface area contributed by atoms with Gasteiger partial charge in [0.1, 0.15) is 5.76 Å². The van der Waals surface area contributed by atoms with Crippen LogP contribution in [0.15, 0.2) is 16.5 Å². The van der Waals surface area contributed by atoms with E-state index in [0.717, 1.165) is 18.4 Å². The summed E-state index contributed by atoms with van der Waals surface area (Å²) in [5.41, 5.74) is 1.11. The zero-order chi connectivity index (χ0) is 13.1. The van der Waals surface area contributed by atoms with E-state index in [4.69, 9.17) is 16.0 Å². The van der Waals surface area contributed by atoms with Gasteiger partial charge in [0, 0.05) is 10.8 Å². The number of fused-ring (bicyclic) bond motifs is 1. The lowest BCUT2D eigenvalue weighted by molar-refractivity contribution is 0.422. The second-order valence-corrected chi connectivity index (χ2v) is 6.53. The first kappa shape index (κ1) is 12.0. The van der Waals surface area contributed by atoms with Crippen LogP contribution in [-0.4, -0.2) is 0 Å². The Morgan fingerprint density at radius 1 is 1.28 bits per heavy atom. The molecule has 2 aromatic rings. The molecule has 3 rings (SSSR count). The van der Waals surface area contributed by atoms with Gasteiger partial charge in [-0.1, -0.05) is 32.4 Å². The molecule has 0 aliphatic heterocycles. The number of hydrogen-bond donors (Lipinski definition) is 0. The van der Waals surface area contributed by atoms with E-state index in [2.05, 4.69) is 0 Å². The fourth-order valence-corrected chi connectivity index (χ4v) is 2.75. The zero-order valence-corrected chi connectivity index (χ0v) is 11.6. The minimum atomic E-state index is -0.299. The number of furan rings is 1. The molecule has 96 valence electrons. The molecule has 0 atom stereocenters. The molecule has 1 heterocycles. The molecule has 1 saturated carbocycles. The second kappa shape index (κ2) is 3.74. The Labute approximate surface area is 111 Å². The summed E-state index contributed by atoms with van der Waals surface area (Å²) in [6.07, 6.45) is 2.29. The van der Waals surface area contributed by atoms with Crippen LogP contribution in [0.2, 0.25) is 5.02 Å². The van der Waals surface area contributed by atoms with Crippen LogP contribution >= 0.6 is 11.6 Å². The highest BCUT2D eigenvalue weighted by Crippen LogP contribution is 2.44. The highest BCUT2D eigenvalue weighted by atomic mass is 35.5. The van der Waals surface area contributed by atoms with Gasteiger partial charge in [0.2, 0.25) is 0 Å². The summed E-state index contributed by atoms with van der Waals surface area (Å²) in [6.45, 7) is 6.03. The van der Waals surface area contributed by atoms with Crippen LogP contribution in [0, 0.1) is 5.82 Å². The lowest BCUT2D eigenvalue weighted by Gasteiger charge is -2.14. The van der Waals surface area contributed by atoms with Crippen molar-refractivity contribution in [1.29, 1.82) is 0 Å². The summed E-state index contributed by atoms with van der Waals surface area (Å²) in [7, 11) is 0. The molecule has 0 amide bonds. The van der Waals surface area contributed by atoms with Crippen LogP contribution in [0.3, 0.4) is 0 Å². The van der Waals surface area contributed by atoms with Gasteiger partial charge in [0.05, 0.1) is 5.02 Å². The van der Waals surface area contributed by atoms with Gasteiger partial charge in [0.15, 0.2) is 11.4 Å². The Balaban J connectivity index is 2.26. The van der Waals surface area contributed by atoms with Crippen molar-refractivity contribution in [2.24, 2.45) is 0 Å². The lowest BCUT2D eigenvalue weighted by atomic mass is 9.93. The third-order valence-corrected chi connectivity index (χ3v) is 3.81. The molecule has 1 aliphatic carbocycles. The lowest BCUT2D eigenvalue weighted by Crippen LogP contribution is -2.09. The molecule has 0 unspecified atom stereocenters. The quantitative estimate of drug-likeness (QED) is 0.673. The molecule has 0 bridgehead atoms. The van der Waals surface area contributed by atoms with Gasteiger partial charge in [-0.15, -0.1) is 0 Å². The van der Waals surface area contributed by atoms with Crippen LogP contribution < -0.4 is 0 Å². The van der Waals surface area contributed by atoms with Gasteiger partial charge in [-0.2, -0.15) is 0 Å². The van der Waals surface area contributed by atoms with Crippen molar-refractivity contribution in [3.8, 4) is 0 Å². The van der Waals surface area contributed by atoms with Crippen molar-refractivity contribution in [3.05, 3.63) is 34.3 Å². The molecule has 0 saturated heterocycles. The van der Waals surface area contributed by atoms with Gasteiger partial charge in [0.25, 0.3) is 0 Å². The van der Waals surface area contributed by atoms with Gasteiger partial charge in [-0.05, 0) is 36.5 Å². The van der Waals surface area contributed by atoms with E-state index < -0.39 is 0 Å². The molecule has 1 nitrogen and oxygen atoms in total. The smallest absolute Gasteiger partial charge is 0.171 e. The third kappa shape index (κ3) is 1.83. The minimum absolute atomic E-state index is 0.220. The summed E-state index contributed by atoms with van der Waals surface area (Å²) in [6, 6.07) is 3.57. The Bertz CT molecular complexity index is 617. The predicted octanol–water partition coefficient (Wildman–Crippen LogP) is 5.40. The zero-order valence-electron chi connectivity index (χ0n) is 10.8. The third-order valence-electron chi connectivity index (χ3n) is 3.44. The second-order valence-electron chi connectivity index (χ2n) is 6.15. The SMILES string of the molecule is CC(C)(C)c1oc2c(F)cc(C3CC3)cc2c1Cl. The Kier molecular flexibility index (Phi) is 2.50. The average Bonchev–Trinajstić information content (AvgIpc) is 3.03. The summed E-state index contributed by atoms with van der Waals surface area (Å²) in [4.78, 5) is 0. The van der Waals surface area contributed by atoms with Crippen molar-refractivity contribution in [2.75, 3.05) is 0 Å². The van der Waals surface area contributed by atoms with Gasteiger partial charge >= 0.3 is 0 Å². The van der Waals surface area contributed by atoms with E-state index in [0.29, 0.717) is 22.1 Å². The van der Waals surface area contributed by atoms with Crippen LogP contribution in [0.1, 0.15) is 50.9 Å². The molecule has 1 aromatic carbocycles. The highest BCUT2D eigenvalue weighted by molar-refractivity contribution is 6.36. The number of rotatable bonds is 1. The van der Waals surface area contributed by atoms with Crippen LogP contribution in [-0.2, 0) is 5.41 Å².